The average molecular weight is 349 g/mol. The van der Waals surface area contributed by atoms with E-state index in [9.17, 15) is 18.0 Å². The number of hydrogen-bond acceptors (Lipinski definition) is 7. The van der Waals surface area contributed by atoms with Crippen LogP contribution in [0.1, 0.15) is 0 Å². The molecule has 1 radical (unpaired) electrons. The molecular formula is C14H15N5O4S+. The zero-order valence-electron chi connectivity index (χ0n) is 13.0. The van der Waals surface area contributed by atoms with Crippen molar-refractivity contribution in [2.24, 2.45) is 0 Å². The monoisotopic (exact) mass is 349 g/mol. The summed E-state index contributed by atoms with van der Waals surface area (Å²) in [7, 11) is -1.57. The Hall–Kier alpha value is -2.59. The van der Waals surface area contributed by atoms with E-state index in [4.69, 9.17) is 0 Å². The van der Waals surface area contributed by atoms with Gasteiger partial charge in [-0.3, -0.25) is 9.59 Å². The minimum atomic E-state index is -4.06. The Bertz CT molecular complexity index is 822. The molecule has 0 N–H and O–H groups in total. The summed E-state index contributed by atoms with van der Waals surface area (Å²) in [5.74, 6) is -0.349. The topological polar surface area (TPSA) is 114 Å². The third-order valence-electron chi connectivity index (χ3n) is 3.12. The van der Waals surface area contributed by atoms with Crippen molar-refractivity contribution in [1.82, 2.24) is 19.4 Å². The van der Waals surface area contributed by atoms with E-state index in [2.05, 4.69) is 15.1 Å². The molecule has 10 heteroatoms. The molecule has 0 aliphatic carbocycles. The number of nitrogens with zero attached hydrogens (tertiary/aromatic N) is 5. The lowest BCUT2D eigenvalue weighted by Crippen LogP contribution is -2.48. The van der Waals surface area contributed by atoms with Crippen molar-refractivity contribution >= 4 is 22.1 Å². The molecule has 2 rings (SSSR count). The van der Waals surface area contributed by atoms with Crippen molar-refractivity contribution < 1.29 is 22.7 Å². The lowest BCUT2D eigenvalue weighted by Gasteiger charge is -2.14. The maximum Gasteiger partial charge on any atom is 0.234 e. The quantitative estimate of drug-likeness (QED) is 0.454. The van der Waals surface area contributed by atoms with Crippen molar-refractivity contribution in [1.29, 1.82) is 0 Å². The van der Waals surface area contributed by atoms with Crippen LogP contribution in [0.5, 0.6) is 0 Å². The second kappa shape index (κ2) is 7.32. The third-order valence-corrected chi connectivity index (χ3v) is 5.09. The SMILES string of the molecule is CN(C)S(=O)(=O)C([C]=O)C(=O)C[n+]1ccc(-c2ncccn2)cn1. The molecule has 24 heavy (non-hydrogen) atoms. The van der Waals surface area contributed by atoms with Crippen LogP contribution in [0, 0.1) is 0 Å². The van der Waals surface area contributed by atoms with Gasteiger partial charge in [0.1, 0.15) is 6.20 Å². The smallest absolute Gasteiger partial charge is 0.234 e. The Morgan fingerprint density at radius 2 is 2.00 bits per heavy atom. The highest BCUT2D eigenvalue weighted by Crippen LogP contribution is 2.09. The molecule has 9 nitrogen and oxygen atoms in total. The van der Waals surface area contributed by atoms with E-state index in [1.165, 1.54) is 37.5 Å². The van der Waals surface area contributed by atoms with E-state index in [0.717, 1.165) is 4.31 Å². The van der Waals surface area contributed by atoms with Gasteiger partial charge in [0.2, 0.25) is 33.9 Å². The second-order valence-corrected chi connectivity index (χ2v) is 7.21. The van der Waals surface area contributed by atoms with Crippen molar-refractivity contribution in [3.8, 4) is 11.4 Å². The van der Waals surface area contributed by atoms with Crippen LogP contribution in [0.25, 0.3) is 11.4 Å². The van der Waals surface area contributed by atoms with Gasteiger partial charge in [0, 0.05) is 38.1 Å². The zero-order chi connectivity index (χ0) is 17.7. The van der Waals surface area contributed by atoms with Crippen molar-refractivity contribution in [3.63, 3.8) is 0 Å². The Morgan fingerprint density at radius 1 is 1.33 bits per heavy atom. The second-order valence-electron chi connectivity index (χ2n) is 4.98. The van der Waals surface area contributed by atoms with Gasteiger partial charge in [-0.15, -0.1) is 0 Å². The summed E-state index contributed by atoms with van der Waals surface area (Å²) in [5.41, 5.74) is 0.638. The van der Waals surface area contributed by atoms with E-state index in [1.54, 1.807) is 24.5 Å². The molecule has 1 unspecified atom stereocenters. The lowest BCUT2D eigenvalue weighted by molar-refractivity contribution is -0.742. The van der Waals surface area contributed by atoms with Gasteiger partial charge < -0.3 is 0 Å². The van der Waals surface area contributed by atoms with Crippen LogP contribution in [0.4, 0.5) is 0 Å². The van der Waals surface area contributed by atoms with Crippen LogP contribution < -0.4 is 4.68 Å². The molecule has 125 valence electrons. The third kappa shape index (κ3) is 3.84. The molecule has 1 atom stereocenters. The fourth-order valence-electron chi connectivity index (χ4n) is 1.80. The molecule has 0 spiro atoms. The predicted octanol–water partition coefficient (Wildman–Crippen LogP) is -1.24. The van der Waals surface area contributed by atoms with Crippen LogP contribution in [0.3, 0.4) is 0 Å². The molecule has 2 heterocycles. The predicted molar refractivity (Wildman–Crippen MR) is 82.6 cm³/mol. The molecule has 0 aromatic carbocycles. The van der Waals surface area contributed by atoms with Crippen molar-refractivity contribution in [2.45, 2.75) is 11.8 Å². The van der Waals surface area contributed by atoms with E-state index < -0.39 is 21.1 Å². The first kappa shape index (κ1) is 17.8. The van der Waals surface area contributed by atoms with Crippen molar-refractivity contribution in [2.75, 3.05) is 14.1 Å². The van der Waals surface area contributed by atoms with Crippen LogP contribution in [-0.2, 0) is 26.2 Å². The van der Waals surface area contributed by atoms with E-state index in [-0.39, 0.29) is 6.54 Å². The summed E-state index contributed by atoms with van der Waals surface area (Å²) in [5, 5.41) is 2.14. The highest BCUT2D eigenvalue weighted by Gasteiger charge is 2.37. The van der Waals surface area contributed by atoms with Gasteiger partial charge in [-0.05, 0) is 11.2 Å². The fourth-order valence-corrected chi connectivity index (χ4v) is 2.75. The normalized spacial score (nSPS) is 12.8. The molecule has 0 saturated heterocycles. The van der Waals surface area contributed by atoms with Crippen LogP contribution in [0.15, 0.2) is 36.9 Å². The zero-order valence-corrected chi connectivity index (χ0v) is 13.8. The number of Topliss-reactive ketones (excluding diaryl/α,β-unsaturated/α-hetero) is 1. The van der Waals surface area contributed by atoms with Crippen molar-refractivity contribution in [3.05, 3.63) is 36.9 Å². The summed E-state index contributed by atoms with van der Waals surface area (Å²) in [6, 6.07) is 3.32. The van der Waals surface area contributed by atoms with Gasteiger partial charge in [-0.25, -0.2) is 22.7 Å². The number of sulfonamides is 1. The fraction of sp³-hybridized carbons (Fsp3) is 0.286. The first-order chi connectivity index (χ1) is 11.4. The van der Waals surface area contributed by atoms with Gasteiger partial charge in [-0.1, -0.05) is 4.68 Å². The molecule has 0 aliphatic heterocycles. The number of hydrogen-bond donors (Lipinski definition) is 0. The number of rotatable bonds is 7. The van der Waals surface area contributed by atoms with Crippen LogP contribution in [-0.4, -0.2) is 59.2 Å². The van der Waals surface area contributed by atoms with Gasteiger partial charge in [0.15, 0.2) is 12.0 Å². The summed E-state index contributed by atoms with van der Waals surface area (Å²) in [4.78, 5) is 31.2. The number of aromatic nitrogens is 4. The van der Waals surface area contributed by atoms with E-state index in [0.29, 0.717) is 11.4 Å². The highest BCUT2D eigenvalue weighted by atomic mass is 32.2. The standard InChI is InChI=1S/C14H15N5O4S/c1-18(2)24(22,23)13(10-20)12(21)9-19-7-4-11(8-17-19)14-15-5-3-6-16-14/h3-8,13H,9H2,1-2H3/q+1. The molecule has 2 aromatic rings. The van der Waals surface area contributed by atoms with Crippen LogP contribution in [0.2, 0.25) is 0 Å². The molecule has 0 amide bonds. The number of carbonyl (C=O) groups is 1. The van der Waals surface area contributed by atoms with Crippen LogP contribution >= 0.6 is 0 Å². The maximum atomic E-state index is 12.1. The molecule has 0 saturated carbocycles. The summed E-state index contributed by atoms with van der Waals surface area (Å²) in [6.45, 7) is -0.372. The molecule has 0 aliphatic rings. The van der Waals surface area contributed by atoms with Gasteiger partial charge >= 0.3 is 0 Å². The number of carbonyl (C=O) groups excluding carboxylic acids is 2. The Kier molecular flexibility index (Phi) is 5.42. The Morgan fingerprint density at radius 3 is 2.50 bits per heavy atom. The van der Waals surface area contributed by atoms with E-state index >= 15 is 0 Å². The minimum Gasteiger partial charge on any atom is -0.290 e. The first-order valence-electron chi connectivity index (χ1n) is 6.81. The molecule has 2 aromatic heterocycles. The van der Waals surface area contributed by atoms with Gasteiger partial charge in [0.05, 0.1) is 0 Å². The summed E-state index contributed by atoms with van der Waals surface area (Å²) in [6.07, 6.45) is 7.39. The lowest BCUT2D eigenvalue weighted by atomic mass is 10.3. The minimum absolute atomic E-state index is 0.372. The van der Waals surface area contributed by atoms with Gasteiger partial charge in [-0.2, -0.15) is 0 Å². The number of ketones is 1. The largest absolute Gasteiger partial charge is 0.290 e. The average Bonchev–Trinajstić information content (AvgIpc) is 2.56. The first-order valence-corrected chi connectivity index (χ1v) is 8.31. The highest BCUT2D eigenvalue weighted by molar-refractivity contribution is 7.91. The molecule has 0 fully saturated rings. The maximum absolute atomic E-state index is 12.1. The summed E-state index contributed by atoms with van der Waals surface area (Å²) < 4.78 is 25.9. The molecule has 0 bridgehead atoms. The van der Waals surface area contributed by atoms with E-state index in [1.807, 2.05) is 0 Å². The summed E-state index contributed by atoms with van der Waals surface area (Å²) >= 11 is 0. The van der Waals surface area contributed by atoms with Gasteiger partial charge in [0.25, 0.3) is 0 Å². The molecular weight excluding hydrogens is 334 g/mol. The Balaban J connectivity index is 2.16. The Labute approximate surface area is 139 Å².